The van der Waals surface area contributed by atoms with Gasteiger partial charge < -0.3 is 10.2 Å². The van der Waals surface area contributed by atoms with Gasteiger partial charge in [-0.3, -0.25) is 4.79 Å². The number of nitrogens with zero attached hydrogens (tertiary/aromatic N) is 1. The van der Waals surface area contributed by atoms with E-state index in [2.05, 4.69) is 5.32 Å². The molecule has 1 saturated heterocycles. The lowest BCUT2D eigenvalue weighted by Gasteiger charge is -2.33. The van der Waals surface area contributed by atoms with Crippen LogP contribution in [0.4, 0.5) is 0 Å². The van der Waals surface area contributed by atoms with Gasteiger partial charge in [-0.05, 0) is 44.5 Å². The Hall–Kier alpha value is -0.770. The predicted octanol–water partition coefficient (Wildman–Crippen LogP) is 2.89. The monoisotopic (exact) mass is 302 g/mol. The summed E-state index contributed by atoms with van der Waals surface area (Å²) in [4.78, 5) is 14.4. The lowest BCUT2D eigenvalue weighted by Crippen LogP contribution is -2.47. The number of aryl methyl sites for hydroxylation is 1. The molecule has 0 aliphatic carbocycles. The maximum Gasteiger partial charge on any atom is 0.254 e. The van der Waals surface area contributed by atoms with Crippen LogP contribution in [0.25, 0.3) is 0 Å². The van der Waals surface area contributed by atoms with Crippen molar-refractivity contribution in [3.8, 4) is 0 Å². The van der Waals surface area contributed by atoms with Crippen LogP contribution >= 0.6 is 24.0 Å². The first kappa shape index (κ1) is 16.3. The van der Waals surface area contributed by atoms with Crippen LogP contribution in [-0.2, 0) is 0 Å². The molecule has 0 aromatic heterocycles. The lowest BCUT2D eigenvalue weighted by molar-refractivity contribution is 0.0697. The highest BCUT2D eigenvalue weighted by molar-refractivity contribution is 6.31. The topological polar surface area (TPSA) is 32.3 Å². The van der Waals surface area contributed by atoms with Crippen LogP contribution in [0.3, 0.4) is 0 Å². The standard InChI is InChI=1S/C14H19ClN2O.ClH/c1-10-5-6-11(15)8-13(10)14(18)17-7-3-4-12(9-17)16-2;/h5-6,8,12,16H,3-4,7,9H2,1-2H3;1H. The molecule has 0 saturated carbocycles. The molecule has 0 spiro atoms. The smallest absolute Gasteiger partial charge is 0.254 e. The summed E-state index contributed by atoms with van der Waals surface area (Å²) in [6.07, 6.45) is 2.19. The number of rotatable bonds is 2. The van der Waals surface area contributed by atoms with Gasteiger partial charge in [-0.2, -0.15) is 0 Å². The minimum Gasteiger partial charge on any atom is -0.337 e. The summed E-state index contributed by atoms with van der Waals surface area (Å²) in [7, 11) is 1.95. The number of piperidine rings is 1. The number of hydrogen-bond donors (Lipinski definition) is 1. The zero-order valence-electron chi connectivity index (χ0n) is 11.3. The molecule has 106 valence electrons. The summed E-state index contributed by atoms with van der Waals surface area (Å²) in [6, 6.07) is 5.89. The van der Waals surface area contributed by atoms with Gasteiger partial charge in [-0.1, -0.05) is 17.7 Å². The van der Waals surface area contributed by atoms with Gasteiger partial charge >= 0.3 is 0 Å². The number of carbonyl (C=O) groups excluding carboxylic acids is 1. The molecule has 1 atom stereocenters. The number of nitrogens with one attached hydrogen (secondary N) is 1. The zero-order chi connectivity index (χ0) is 13.1. The van der Waals surface area contributed by atoms with Crippen molar-refractivity contribution in [1.82, 2.24) is 10.2 Å². The molecule has 1 fully saturated rings. The van der Waals surface area contributed by atoms with Crippen molar-refractivity contribution in [1.29, 1.82) is 0 Å². The van der Waals surface area contributed by atoms with E-state index in [4.69, 9.17) is 11.6 Å². The number of hydrogen-bond acceptors (Lipinski definition) is 2. The highest BCUT2D eigenvalue weighted by Gasteiger charge is 2.24. The van der Waals surface area contributed by atoms with E-state index in [0.29, 0.717) is 11.1 Å². The van der Waals surface area contributed by atoms with Gasteiger partial charge in [0.15, 0.2) is 0 Å². The second-order valence-electron chi connectivity index (χ2n) is 4.84. The Morgan fingerprint density at radius 2 is 2.21 bits per heavy atom. The predicted molar refractivity (Wildman–Crippen MR) is 81.4 cm³/mol. The van der Waals surface area contributed by atoms with Gasteiger partial charge in [0.2, 0.25) is 0 Å². The maximum absolute atomic E-state index is 12.5. The largest absolute Gasteiger partial charge is 0.337 e. The number of likely N-dealkylation sites (tertiary alicyclic amines) is 1. The molecule has 0 radical (unpaired) electrons. The Morgan fingerprint density at radius 1 is 1.47 bits per heavy atom. The molecule has 2 rings (SSSR count). The van der Waals surface area contributed by atoms with Gasteiger partial charge in [-0.25, -0.2) is 0 Å². The van der Waals surface area contributed by atoms with Crippen molar-refractivity contribution in [2.45, 2.75) is 25.8 Å². The van der Waals surface area contributed by atoms with Gasteiger partial charge in [0.25, 0.3) is 5.91 Å². The average molecular weight is 303 g/mol. The van der Waals surface area contributed by atoms with Crippen molar-refractivity contribution >= 4 is 29.9 Å². The second kappa shape index (κ2) is 7.13. The molecule has 0 bridgehead atoms. The van der Waals surface area contributed by atoms with Crippen molar-refractivity contribution in [2.24, 2.45) is 0 Å². The Labute approximate surface area is 125 Å². The van der Waals surface area contributed by atoms with Crippen LogP contribution in [0.15, 0.2) is 18.2 Å². The molecule has 3 nitrogen and oxygen atoms in total. The van der Waals surface area contributed by atoms with Gasteiger partial charge in [0, 0.05) is 29.7 Å². The number of halogens is 2. The summed E-state index contributed by atoms with van der Waals surface area (Å²) in [5.41, 5.74) is 1.70. The van der Waals surface area contributed by atoms with Gasteiger partial charge in [0.05, 0.1) is 0 Å². The normalized spacial score (nSPS) is 18.9. The summed E-state index contributed by atoms with van der Waals surface area (Å²) >= 11 is 5.97. The molecular formula is C14H20Cl2N2O. The van der Waals surface area contributed by atoms with Crippen molar-refractivity contribution in [2.75, 3.05) is 20.1 Å². The third kappa shape index (κ3) is 3.85. The van der Waals surface area contributed by atoms with Crippen LogP contribution in [-0.4, -0.2) is 37.0 Å². The molecule has 1 aromatic carbocycles. The Kier molecular flexibility index (Phi) is 6.11. The van der Waals surface area contributed by atoms with E-state index in [1.807, 2.05) is 31.0 Å². The number of benzene rings is 1. The van der Waals surface area contributed by atoms with E-state index in [-0.39, 0.29) is 18.3 Å². The molecule has 1 heterocycles. The van der Waals surface area contributed by atoms with E-state index < -0.39 is 0 Å². The third-order valence-electron chi connectivity index (χ3n) is 3.55. The molecular weight excluding hydrogens is 283 g/mol. The summed E-state index contributed by atoms with van der Waals surface area (Å²) in [5.74, 6) is 0.0925. The minimum atomic E-state index is 0. The SMILES string of the molecule is CNC1CCCN(C(=O)c2cc(Cl)ccc2C)C1.Cl. The third-order valence-corrected chi connectivity index (χ3v) is 3.78. The van der Waals surface area contributed by atoms with E-state index in [9.17, 15) is 4.79 Å². The first-order valence-electron chi connectivity index (χ1n) is 6.34. The number of likely N-dealkylation sites (N-methyl/N-ethyl adjacent to an activating group) is 1. The van der Waals surface area contributed by atoms with E-state index in [0.717, 1.165) is 37.1 Å². The number of carbonyl (C=O) groups is 1. The fourth-order valence-corrected chi connectivity index (χ4v) is 2.56. The molecule has 1 amide bonds. The molecule has 1 N–H and O–H groups in total. The van der Waals surface area contributed by atoms with Crippen molar-refractivity contribution < 1.29 is 4.79 Å². The molecule has 19 heavy (non-hydrogen) atoms. The first-order valence-corrected chi connectivity index (χ1v) is 6.72. The van der Waals surface area contributed by atoms with E-state index >= 15 is 0 Å². The van der Waals surface area contributed by atoms with Crippen molar-refractivity contribution in [3.05, 3.63) is 34.3 Å². The number of amides is 1. The average Bonchev–Trinajstić information content (AvgIpc) is 2.41. The molecule has 1 aliphatic heterocycles. The lowest BCUT2D eigenvalue weighted by atomic mass is 10.0. The van der Waals surface area contributed by atoms with E-state index in [1.165, 1.54) is 0 Å². The summed E-state index contributed by atoms with van der Waals surface area (Å²) in [5, 5.41) is 3.86. The first-order chi connectivity index (χ1) is 8.61. The summed E-state index contributed by atoms with van der Waals surface area (Å²) in [6.45, 7) is 3.56. The fourth-order valence-electron chi connectivity index (χ4n) is 2.39. The van der Waals surface area contributed by atoms with Crippen LogP contribution in [0, 0.1) is 6.92 Å². The zero-order valence-corrected chi connectivity index (χ0v) is 12.9. The van der Waals surface area contributed by atoms with Gasteiger partial charge in [-0.15, -0.1) is 12.4 Å². The highest BCUT2D eigenvalue weighted by atomic mass is 35.5. The highest BCUT2D eigenvalue weighted by Crippen LogP contribution is 2.19. The molecule has 5 heteroatoms. The van der Waals surface area contributed by atoms with E-state index in [1.54, 1.807) is 6.07 Å². The molecule has 1 aliphatic rings. The molecule has 1 aromatic rings. The quantitative estimate of drug-likeness (QED) is 0.911. The Morgan fingerprint density at radius 3 is 2.89 bits per heavy atom. The summed E-state index contributed by atoms with van der Waals surface area (Å²) < 4.78 is 0. The Bertz CT molecular complexity index is 451. The minimum absolute atomic E-state index is 0. The second-order valence-corrected chi connectivity index (χ2v) is 5.27. The van der Waals surface area contributed by atoms with Crippen LogP contribution in [0.5, 0.6) is 0 Å². The maximum atomic E-state index is 12.5. The molecule has 1 unspecified atom stereocenters. The van der Waals surface area contributed by atoms with Crippen molar-refractivity contribution in [3.63, 3.8) is 0 Å². The fraction of sp³-hybridized carbons (Fsp3) is 0.500. The van der Waals surface area contributed by atoms with Gasteiger partial charge in [0.1, 0.15) is 0 Å². The van der Waals surface area contributed by atoms with Crippen LogP contribution in [0.1, 0.15) is 28.8 Å². The van der Waals surface area contributed by atoms with Crippen LogP contribution in [0.2, 0.25) is 5.02 Å². The Balaban J connectivity index is 0.00000180. The van der Waals surface area contributed by atoms with Crippen LogP contribution < -0.4 is 5.32 Å².